The fourth-order valence-corrected chi connectivity index (χ4v) is 1.89. The lowest BCUT2D eigenvalue weighted by Gasteiger charge is -2.16. The van der Waals surface area contributed by atoms with E-state index < -0.39 is 5.97 Å². The third-order valence-corrected chi connectivity index (χ3v) is 2.82. The molecule has 2 rings (SSSR count). The van der Waals surface area contributed by atoms with Crippen LogP contribution in [0.1, 0.15) is 10.4 Å². The Morgan fingerprint density at radius 3 is 2.22 bits per heavy atom. The first kappa shape index (κ1) is 12.2. The van der Waals surface area contributed by atoms with Crippen LogP contribution in [-0.2, 0) is 0 Å². The Morgan fingerprint density at radius 2 is 1.67 bits per heavy atom. The van der Waals surface area contributed by atoms with E-state index in [0.717, 1.165) is 11.1 Å². The highest BCUT2D eigenvalue weighted by Crippen LogP contribution is 2.27. The smallest absolute Gasteiger partial charge is 0.337 e. The number of carboxylic acid groups (broad SMARTS) is 1. The molecule has 0 aromatic heterocycles. The van der Waals surface area contributed by atoms with Gasteiger partial charge in [0.15, 0.2) is 0 Å². The summed E-state index contributed by atoms with van der Waals surface area (Å²) in [5.41, 5.74) is 3.13. The van der Waals surface area contributed by atoms with E-state index >= 15 is 0 Å². The van der Waals surface area contributed by atoms with Crippen LogP contribution in [0.25, 0.3) is 11.1 Å². The second kappa shape index (κ2) is 4.92. The number of nitrogens with zero attached hydrogens (tertiary/aromatic N) is 1. The quantitative estimate of drug-likeness (QED) is 0.897. The highest BCUT2D eigenvalue weighted by Gasteiger charge is 2.12. The number of rotatable bonds is 3. The lowest BCUT2D eigenvalue weighted by molar-refractivity contribution is 0.0697. The van der Waals surface area contributed by atoms with Crippen molar-refractivity contribution in [3.05, 3.63) is 54.1 Å². The van der Waals surface area contributed by atoms with Crippen molar-refractivity contribution in [1.82, 2.24) is 0 Å². The van der Waals surface area contributed by atoms with Gasteiger partial charge in [0.25, 0.3) is 0 Å². The maximum absolute atomic E-state index is 11.1. The van der Waals surface area contributed by atoms with E-state index in [4.69, 9.17) is 5.11 Å². The Bertz CT molecular complexity index is 562. The molecule has 1 N–H and O–H groups in total. The number of anilines is 1. The molecule has 0 amide bonds. The van der Waals surface area contributed by atoms with E-state index in [9.17, 15) is 4.79 Å². The zero-order valence-electron chi connectivity index (χ0n) is 10.4. The summed E-state index contributed by atoms with van der Waals surface area (Å²) in [5.74, 6) is -0.904. The summed E-state index contributed by atoms with van der Waals surface area (Å²) in [6.45, 7) is 0. The molecule has 0 heterocycles. The molecule has 2 aromatic rings. The van der Waals surface area contributed by atoms with Gasteiger partial charge >= 0.3 is 5.97 Å². The number of benzene rings is 2. The second-order valence-corrected chi connectivity index (χ2v) is 4.30. The first-order valence-corrected chi connectivity index (χ1v) is 5.69. The third-order valence-electron chi connectivity index (χ3n) is 2.82. The van der Waals surface area contributed by atoms with Crippen LogP contribution in [0.15, 0.2) is 48.5 Å². The van der Waals surface area contributed by atoms with E-state index in [-0.39, 0.29) is 0 Å². The fraction of sp³-hybridized carbons (Fsp3) is 0.133. The van der Waals surface area contributed by atoms with Gasteiger partial charge < -0.3 is 10.0 Å². The molecule has 18 heavy (non-hydrogen) atoms. The average molecular weight is 241 g/mol. The Labute approximate surface area is 106 Å². The van der Waals surface area contributed by atoms with Crippen molar-refractivity contribution < 1.29 is 9.90 Å². The molecule has 0 aliphatic carbocycles. The zero-order valence-corrected chi connectivity index (χ0v) is 10.4. The topological polar surface area (TPSA) is 40.5 Å². The largest absolute Gasteiger partial charge is 0.478 e. The van der Waals surface area contributed by atoms with Gasteiger partial charge in [-0.15, -0.1) is 0 Å². The number of carboxylic acids is 1. The van der Waals surface area contributed by atoms with E-state index in [0.29, 0.717) is 11.3 Å². The second-order valence-electron chi connectivity index (χ2n) is 4.30. The normalized spacial score (nSPS) is 10.1. The van der Waals surface area contributed by atoms with Gasteiger partial charge in [-0.2, -0.15) is 0 Å². The summed E-state index contributed by atoms with van der Waals surface area (Å²) in [4.78, 5) is 13.0. The number of aromatic carboxylic acids is 1. The lowest BCUT2D eigenvalue weighted by Crippen LogP contribution is -2.13. The van der Waals surface area contributed by atoms with Gasteiger partial charge in [-0.05, 0) is 23.3 Å². The number of hydrogen-bond acceptors (Lipinski definition) is 2. The van der Waals surface area contributed by atoms with Crippen LogP contribution in [-0.4, -0.2) is 25.2 Å². The van der Waals surface area contributed by atoms with E-state index in [1.807, 2.05) is 61.5 Å². The van der Waals surface area contributed by atoms with Gasteiger partial charge in [-0.3, -0.25) is 0 Å². The predicted molar refractivity (Wildman–Crippen MR) is 73.2 cm³/mol. The van der Waals surface area contributed by atoms with Crippen molar-refractivity contribution in [3.63, 3.8) is 0 Å². The lowest BCUT2D eigenvalue weighted by atomic mass is 10.0. The van der Waals surface area contributed by atoms with Crippen LogP contribution in [0.3, 0.4) is 0 Å². The maximum Gasteiger partial charge on any atom is 0.337 e. The van der Waals surface area contributed by atoms with Crippen LogP contribution in [0.5, 0.6) is 0 Å². The SMILES string of the molecule is CN(C)c1cc(-c2ccccc2)ccc1C(=O)O. The van der Waals surface area contributed by atoms with Gasteiger partial charge in [0.2, 0.25) is 0 Å². The van der Waals surface area contributed by atoms with Crippen molar-refractivity contribution in [2.24, 2.45) is 0 Å². The van der Waals surface area contributed by atoms with Gasteiger partial charge in [-0.1, -0.05) is 36.4 Å². The summed E-state index contributed by atoms with van der Waals surface area (Å²) in [7, 11) is 3.69. The van der Waals surface area contributed by atoms with Crippen LogP contribution in [0.2, 0.25) is 0 Å². The maximum atomic E-state index is 11.1. The molecule has 0 saturated carbocycles. The van der Waals surface area contributed by atoms with E-state index in [1.165, 1.54) is 0 Å². The minimum absolute atomic E-state index is 0.319. The molecule has 0 atom stereocenters. The molecular weight excluding hydrogens is 226 g/mol. The van der Waals surface area contributed by atoms with Crippen molar-refractivity contribution in [3.8, 4) is 11.1 Å². The van der Waals surface area contributed by atoms with E-state index in [1.54, 1.807) is 6.07 Å². The van der Waals surface area contributed by atoms with Crippen molar-refractivity contribution >= 4 is 11.7 Å². The summed E-state index contributed by atoms with van der Waals surface area (Å²) in [6.07, 6.45) is 0. The molecule has 0 fully saturated rings. The summed E-state index contributed by atoms with van der Waals surface area (Å²) >= 11 is 0. The first-order chi connectivity index (χ1) is 8.59. The number of carbonyl (C=O) groups is 1. The molecular formula is C15H15NO2. The monoisotopic (exact) mass is 241 g/mol. The first-order valence-electron chi connectivity index (χ1n) is 5.69. The van der Waals surface area contributed by atoms with Gasteiger partial charge in [-0.25, -0.2) is 4.79 Å². The standard InChI is InChI=1S/C15H15NO2/c1-16(2)14-10-12(8-9-13(14)15(17)18)11-6-4-3-5-7-11/h3-10H,1-2H3,(H,17,18). The summed E-state index contributed by atoms with van der Waals surface area (Å²) < 4.78 is 0. The fourth-order valence-electron chi connectivity index (χ4n) is 1.89. The minimum atomic E-state index is -0.904. The van der Waals surface area contributed by atoms with Gasteiger partial charge in [0.05, 0.1) is 11.3 Å². The van der Waals surface area contributed by atoms with Crippen molar-refractivity contribution in [2.75, 3.05) is 19.0 Å². The molecule has 0 saturated heterocycles. The van der Waals surface area contributed by atoms with Crippen LogP contribution in [0.4, 0.5) is 5.69 Å². The average Bonchev–Trinajstić information content (AvgIpc) is 2.39. The highest BCUT2D eigenvalue weighted by molar-refractivity contribution is 5.95. The minimum Gasteiger partial charge on any atom is -0.478 e. The van der Waals surface area contributed by atoms with Crippen molar-refractivity contribution in [2.45, 2.75) is 0 Å². The Hall–Kier alpha value is -2.29. The molecule has 92 valence electrons. The van der Waals surface area contributed by atoms with E-state index in [2.05, 4.69) is 0 Å². The van der Waals surface area contributed by atoms with Crippen molar-refractivity contribution in [1.29, 1.82) is 0 Å². The summed E-state index contributed by atoms with van der Waals surface area (Å²) in [6, 6.07) is 15.3. The number of hydrogen-bond donors (Lipinski definition) is 1. The van der Waals surface area contributed by atoms with Gasteiger partial charge in [0, 0.05) is 14.1 Å². The molecule has 0 unspecified atom stereocenters. The third kappa shape index (κ3) is 2.35. The molecule has 3 heteroatoms. The highest BCUT2D eigenvalue weighted by atomic mass is 16.4. The molecule has 0 radical (unpaired) electrons. The molecule has 0 aliphatic heterocycles. The molecule has 0 bridgehead atoms. The zero-order chi connectivity index (χ0) is 13.1. The Morgan fingerprint density at radius 1 is 1.00 bits per heavy atom. The molecule has 2 aromatic carbocycles. The van der Waals surface area contributed by atoms with Crippen LogP contribution < -0.4 is 4.90 Å². The molecule has 3 nitrogen and oxygen atoms in total. The molecule has 0 spiro atoms. The Kier molecular flexibility index (Phi) is 3.33. The molecule has 0 aliphatic rings. The van der Waals surface area contributed by atoms with Gasteiger partial charge in [0.1, 0.15) is 0 Å². The Balaban J connectivity index is 2.54. The predicted octanol–water partition coefficient (Wildman–Crippen LogP) is 3.12. The van der Waals surface area contributed by atoms with Crippen LogP contribution >= 0.6 is 0 Å². The summed E-state index contributed by atoms with van der Waals surface area (Å²) in [5, 5.41) is 9.15. The van der Waals surface area contributed by atoms with Crippen LogP contribution in [0, 0.1) is 0 Å².